The molecule has 0 bridgehead atoms. The van der Waals surface area contributed by atoms with Crippen molar-refractivity contribution in [2.45, 2.75) is 19.9 Å². The molecular formula is C23H26N4O4. The number of anilines is 1. The zero-order valence-electron chi connectivity index (χ0n) is 18.1. The fourth-order valence-electron chi connectivity index (χ4n) is 3.30. The van der Waals surface area contributed by atoms with Gasteiger partial charge in [-0.1, -0.05) is 29.8 Å². The highest BCUT2D eigenvalue weighted by atomic mass is 16.5. The van der Waals surface area contributed by atoms with Crippen LogP contribution in [0.1, 0.15) is 27.2 Å². The maximum Gasteiger partial charge on any atom is 0.254 e. The largest absolute Gasteiger partial charge is 0.493 e. The molecule has 0 atom stereocenters. The van der Waals surface area contributed by atoms with E-state index in [1.165, 1.54) is 14.2 Å². The highest BCUT2D eigenvalue weighted by Crippen LogP contribution is 2.37. The van der Waals surface area contributed by atoms with Crippen LogP contribution in [0.5, 0.6) is 11.5 Å². The number of ether oxygens (including phenoxy) is 2. The number of benzene rings is 2. The maximum absolute atomic E-state index is 13.0. The van der Waals surface area contributed by atoms with Crippen LogP contribution >= 0.6 is 0 Å². The van der Waals surface area contributed by atoms with E-state index in [-0.39, 0.29) is 18.2 Å². The number of aromatic nitrogens is 2. The molecule has 1 heterocycles. The molecule has 2 aromatic carbocycles. The maximum atomic E-state index is 13.0. The monoisotopic (exact) mass is 422 g/mol. The Morgan fingerprint density at radius 2 is 1.94 bits per heavy atom. The van der Waals surface area contributed by atoms with Crippen LogP contribution in [0.3, 0.4) is 0 Å². The van der Waals surface area contributed by atoms with Crippen molar-refractivity contribution in [1.82, 2.24) is 15.1 Å². The zero-order valence-corrected chi connectivity index (χ0v) is 18.1. The Kier molecular flexibility index (Phi) is 6.92. The molecule has 0 saturated heterocycles. The van der Waals surface area contributed by atoms with Crippen LogP contribution < -0.4 is 14.8 Å². The number of amides is 2. The lowest BCUT2D eigenvalue weighted by Gasteiger charge is -2.19. The van der Waals surface area contributed by atoms with Gasteiger partial charge < -0.3 is 19.7 Å². The minimum Gasteiger partial charge on any atom is -0.493 e. The molecule has 3 aromatic rings. The molecule has 2 N–H and O–H groups in total. The summed E-state index contributed by atoms with van der Waals surface area (Å²) in [6.07, 6.45) is 1.83. The fourth-order valence-corrected chi connectivity index (χ4v) is 3.30. The normalized spacial score (nSPS) is 10.5. The van der Waals surface area contributed by atoms with Crippen molar-refractivity contribution in [3.63, 3.8) is 0 Å². The molecule has 8 heteroatoms. The van der Waals surface area contributed by atoms with Crippen LogP contribution in [0.2, 0.25) is 0 Å². The van der Waals surface area contributed by atoms with Crippen molar-refractivity contribution in [2.75, 3.05) is 26.6 Å². The Balaban J connectivity index is 1.84. The van der Waals surface area contributed by atoms with Crippen LogP contribution in [0, 0.1) is 6.92 Å². The molecule has 1 aromatic heterocycles. The van der Waals surface area contributed by atoms with E-state index in [1.54, 1.807) is 36.3 Å². The van der Waals surface area contributed by atoms with E-state index in [0.717, 1.165) is 16.8 Å². The lowest BCUT2D eigenvalue weighted by Crippen LogP contribution is -2.26. The predicted molar refractivity (Wildman–Crippen MR) is 117 cm³/mol. The van der Waals surface area contributed by atoms with Gasteiger partial charge in [-0.3, -0.25) is 14.7 Å². The van der Waals surface area contributed by atoms with Crippen molar-refractivity contribution in [3.05, 3.63) is 71.0 Å². The van der Waals surface area contributed by atoms with E-state index in [9.17, 15) is 9.59 Å². The Labute approximate surface area is 181 Å². The standard InChI is InChI=1S/C23H26N4O4/c1-15-6-5-7-16(10-15)11-21(28)25-19-12-17(13-20(30-3)22(19)31-4)23(29)27(2)14-18-8-9-24-26-18/h5-10,12-13H,11,14H2,1-4H3,(H,24,26)(H,25,28). The van der Waals surface area contributed by atoms with Crippen molar-refractivity contribution in [3.8, 4) is 11.5 Å². The molecule has 8 nitrogen and oxygen atoms in total. The molecule has 0 spiro atoms. The van der Waals surface area contributed by atoms with Crippen molar-refractivity contribution in [2.24, 2.45) is 0 Å². The minimum atomic E-state index is -0.232. The number of H-pyrrole nitrogens is 1. The molecule has 0 aliphatic carbocycles. The number of hydrogen-bond acceptors (Lipinski definition) is 5. The summed E-state index contributed by atoms with van der Waals surface area (Å²) < 4.78 is 10.8. The topological polar surface area (TPSA) is 96.5 Å². The smallest absolute Gasteiger partial charge is 0.254 e. The third-order valence-corrected chi connectivity index (χ3v) is 4.76. The van der Waals surface area contributed by atoms with E-state index < -0.39 is 0 Å². The van der Waals surface area contributed by atoms with E-state index >= 15 is 0 Å². The van der Waals surface area contributed by atoms with Gasteiger partial charge in [-0.25, -0.2) is 0 Å². The van der Waals surface area contributed by atoms with Gasteiger partial charge in [0.25, 0.3) is 5.91 Å². The van der Waals surface area contributed by atoms with Gasteiger partial charge in [-0.15, -0.1) is 0 Å². The highest BCUT2D eigenvalue weighted by Gasteiger charge is 2.20. The average molecular weight is 422 g/mol. The van der Waals surface area contributed by atoms with Crippen LogP contribution in [0.25, 0.3) is 0 Å². The molecule has 0 fully saturated rings. The Morgan fingerprint density at radius 1 is 1.13 bits per heavy atom. The molecule has 0 aliphatic heterocycles. The first-order chi connectivity index (χ1) is 14.9. The summed E-state index contributed by atoms with van der Waals surface area (Å²) in [4.78, 5) is 27.2. The summed E-state index contributed by atoms with van der Waals surface area (Å²) in [5.74, 6) is 0.258. The van der Waals surface area contributed by atoms with Gasteiger partial charge in [0.1, 0.15) is 0 Å². The number of aryl methyl sites for hydroxylation is 1. The van der Waals surface area contributed by atoms with E-state index in [0.29, 0.717) is 29.3 Å². The van der Waals surface area contributed by atoms with Gasteiger partial charge in [0.2, 0.25) is 5.91 Å². The second-order valence-corrected chi connectivity index (χ2v) is 7.22. The van der Waals surface area contributed by atoms with Crippen LogP contribution in [0.4, 0.5) is 5.69 Å². The third-order valence-electron chi connectivity index (χ3n) is 4.76. The average Bonchev–Trinajstić information content (AvgIpc) is 3.25. The molecule has 0 saturated carbocycles. The number of methoxy groups -OCH3 is 2. The van der Waals surface area contributed by atoms with Gasteiger partial charge >= 0.3 is 0 Å². The number of hydrogen-bond donors (Lipinski definition) is 2. The lowest BCUT2D eigenvalue weighted by atomic mass is 10.1. The summed E-state index contributed by atoms with van der Waals surface area (Å²) in [5.41, 5.74) is 3.53. The number of carbonyl (C=O) groups is 2. The number of nitrogens with zero attached hydrogens (tertiary/aromatic N) is 2. The number of carbonyl (C=O) groups excluding carboxylic acids is 2. The molecule has 3 rings (SSSR count). The van der Waals surface area contributed by atoms with Crippen LogP contribution in [-0.4, -0.2) is 48.2 Å². The summed E-state index contributed by atoms with van der Waals surface area (Å²) in [7, 11) is 4.66. The molecule has 2 amide bonds. The summed E-state index contributed by atoms with van der Waals surface area (Å²) in [6.45, 7) is 2.34. The lowest BCUT2D eigenvalue weighted by molar-refractivity contribution is -0.115. The Bertz CT molecular complexity index is 1060. The quantitative estimate of drug-likeness (QED) is 0.581. The van der Waals surface area contributed by atoms with E-state index in [2.05, 4.69) is 15.5 Å². The van der Waals surface area contributed by atoms with Gasteiger partial charge in [-0.2, -0.15) is 5.10 Å². The molecule has 162 valence electrons. The van der Waals surface area contributed by atoms with E-state index in [1.807, 2.05) is 31.2 Å². The Morgan fingerprint density at radius 3 is 2.58 bits per heavy atom. The molecule has 0 unspecified atom stereocenters. The van der Waals surface area contributed by atoms with Crippen LogP contribution in [0.15, 0.2) is 48.7 Å². The van der Waals surface area contributed by atoms with Gasteiger partial charge in [0, 0.05) is 18.8 Å². The predicted octanol–water partition coefficient (Wildman–Crippen LogP) is 3.19. The Hall–Kier alpha value is -3.81. The van der Waals surface area contributed by atoms with E-state index in [4.69, 9.17) is 9.47 Å². The van der Waals surface area contributed by atoms with Crippen molar-refractivity contribution >= 4 is 17.5 Å². The first-order valence-electron chi connectivity index (χ1n) is 9.76. The number of nitrogens with one attached hydrogen (secondary N) is 2. The van der Waals surface area contributed by atoms with Crippen LogP contribution in [-0.2, 0) is 17.8 Å². The first-order valence-corrected chi connectivity index (χ1v) is 9.76. The number of rotatable bonds is 8. The molecule has 0 radical (unpaired) electrons. The van der Waals surface area contributed by atoms with Crippen molar-refractivity contribution < 1.29 is 19.1 Å². The summed E-state index contributed by atoms with van der Waals surface area (Å²) in [5, 5.41) is 9.58. The first kappa shape index (κ1) is 21.9. The summed E-state index contributed by atoms with van der Waals surface area (Å²) >= 11 is 0. The van der Waals surface area contributed by atoms with Gasteiger partial charge in [-0.05, 0) is 30.7 Å². The van der Waals surface area contributed by atoms with Crippen molar-refractivity contribution in [1.29, 1.82) is 0 Å². The number of aromatic amines is 1. The second-order valence-electron chi connectivity index (χ2n) is 7.22. The zero-order chi connectivity index (χ0) is 22.4. The minimum absolute atomic E-state index is 0.199. The van der Waals surface area contributed by atoms with Gasteiger partial charge in [0.05, 0.1) is 38.6 Å². The highest BCUT2D eigenvalue weighted by molar-refractivity contribution is 5.99. The fraction of sp³-hybridized carbons (Fsp3) is 0.261. The van der Waals surface area contributed by atoms with Gasteiger partial charge in [0.15, 0.2) is 11.5 Å². The molecule has 0 aliphatic rings. The molecule has 31 heavy (non-hydrogen) atoms. The second kappa shape index (κ2) is 9.80. The SMILES string of the molecule is COc1cc(C(=O)N(C)Cc2ccn[nH]2)cc(NC(=O)Cc2cccc(C)c2)c1OC. The third kappa shape index (κ3) is 5.42. The molecular weight excluding hydrogens is 396 g/mol. The summed E-state index contributed by atoms with van der Waals surface area (Å²) in [6, 6.07) is 12.7.